The van der Waals surface area contributed by atoms with Gasteiger partial charge >= 0.3 is 0 Å². The first kappa shape index (κ1) is 20.0. The van der Waals surface area contributed by atoms with Gasteiger partial charge in [-0.15, -0.1) is 0 Å². The maximum atomic E-state index is 14.0. The zero-order valence-electron chi connectivity index (χ0n) is 17.1. The highest BCUT2D eigenvalue weighted by Gasteiger charge is 2.36. The van der Waals surface area contributed by atoms with E-state index in [1.165, 1.54) is 24.3 Å². The lowest BCUT2D eigenvalue weighted by molar-refractivity contribution is -0.384. The normalized spacial score (nSPS) is 14.9. The van der Waals surface area contributed by atoms with Crippen LogP contribution in [-0.4, -0.2) is 9.49 Å². The first-order valence-electron chi connectivity index (χ1n) is 10.1. The standard InChI is InChI=1S/C25H16N4O4/c26-14-19-21(15-10-12-17(13-11-15)29(31)32)22-23(33-24(19)27)18-8-4-5-9-20(18)28(25(22)30)16-6-2-1-3-7-16/h1-13,21H,27H2. The van der Waals surface area contributed by atoms with Crippen LogP contribution in [-0.2, 0) is 0 Å². The minimum Gasteiger partial charge on any atom is -0.439 e. The first-order chi connectivity index (χ1) is 16.0. The summed E-state index contributed by atoms with van der Waals surface area (Å²) in [4.78, 5) is 24.6. The molecule has 0 radical (unpaired) electrons. The lowest BCUT2D eigenvalue weighted by atomic mass is 9.83. The van der Waals surface area contributed by atoms with Crippen LogP contribution in [0.15, 0.2) is 95.1 Å². The van der Waals surface area contributed by atoms with Crippen LogP contribution in [0.3, 0.4) is 0 Å². The largest absolute Gasteiger partial charge is 0.439 e. The molecule has 8 heteroatoms. The average molecular weight is 436 g/mol. The third kappa shape index (κ3) is 3.11. The van der Waals surface area contributed by atoms with Crippen LogP contribution < -0.4 is 16.0 Å². The zero-order chi connectivity index (χ0) is 23.1. The zero-order valence-corrected chi connectivity index (χ0v) is 17.1. The minimum absolute atomic E-state index is 0.0725. The lowest BCUT2D eigenvalue weighted by Gasteiger charge is -2.28. The molecule has 1 aromatic heterocycles. The van der Waals surface area contributed by atoms with E-state index < -0.39 is 10.8 Å². The van der Waals surface area contributed by atoms with Crippen molar-refractivity contribution in [2.24, 2.45) is 5.73 Å². The van der Waals surface area contributed by atoms with Gasteiger partial charge in [-0.2, -0.15) is 5.26 Å². The summed E-state index contributed by atoms with van der Waals surface area (Å²) in [5.74, 6) is -0.662. The Hall–Kier alpha value is -4.90. The van der Waals surface area contributed by atoms with Crippen LogP contribution in [0, 0.1) is 21.4 Å². The molecule has 0 spiro atoms. The molecule has 8 nitrogen and oxygen atoms in total. The minimum atomic E-state index is -0.841. The number of aromatic nitrogens is 1. The molecular formula is C25H16N4O4. The van der Waals surface area contributed by atoms with E-state index >= 15 is 0 Å². The van der Waals surface area contributed by atoms with Gasteiger partial charge in [-0.05, 0) is 29.8 Å². The lowest BCUT2D eigenvalue weighted by Crippen LogP contribution is -2.31. The van der Waals surface area contributed by atoms with Gasteiger partial charge in [0.15, 0.2) is 0 Å². The Kier molecular flexibility index (Phi) is 4.65. The summed E-state index contributed by atoms with van der Waals surface area (Å²) in [7, 11) is 0. The van der Waals surface area contributed by atoms with Gasteiger partial charge in [-0.25, -0.2) is 0 Å². The molecule has 4 aromatic rings. The van der Waals surface area contributed by atoms with Crippen molar-refractivity contribution in [1.29, 1.82) is 5.26 Å². The number of nitro groups is 1. The van der Waals surface area contributed by atoms with Crippen LogP contribution in [0.2, 0.25) is 0 Å². The van der Waals surface area contributed by atoms with Crippen molar-refractivity contribution in [3.05, 3.63) is 122 Å². The predicted octanol–water partition coefficient (Wildman–Crippen LogP) is 4.12. The van der Waals surface area contributed by atoms with Crippen molar-refractivity contribution in [3.8, 4) is 17.5 Å². The summed E-state index contributed by atoms with van der Waals surface area (Å²) < 4.78 is 7.42. The molecule has 5 rings (SSSR count). The summed E-state index contributed by atoms with van der Waals surface area (Å²) in [6.45, 7) is 0. The maximum absolute atomic E-state index is 14.0. The van der Waals surface area contributed by atoms with Gasteiger partial charge in [0.25, 0.3) is 11.2 Å². The number of benzene rings is 3. The van der Waals surface area contributed by atoms with Crippen LogP contribution >= 0.6 is 0 Å². The molecule has 0 saturated heterocycles. The monoisotopic (exact) mass is 436 g/mol. The van der Waals surface area contributed by atoms with Crippen LogP contribution in [0.25, 0.3) is 16.6 Å². The Bertz CT molecular complexity index is 1550. The van der Waals surface area contributed by atoms with E-state index in [0.717, 1.165) is 0 Å². The maximum Gasteiger partial charge on any atom is 0.269 e. The Labute approximate surface area is 187 Å². The van der Waals surface area contributed by atoms with Crippen LogP contribution in [0.4, 0.5) is 5.69 Å². The van der Waals surface area contributed by atoms with Gasteiger partial charge in [-0.3, -0.25) is 19.5 Å². The number of nitriles is 1. The number of non-ortho nitro benzene ring substituents is 1. The Morgan fingerprint density at radius 2 is 1.67 bits per heavy atom. The fourth-order valence-electron chi connectivity index (χ4n) is 4.22. The second kappa shape index (κ2) is 7.66. The van der Waals surface area contributed by atoms with Crippen molar-refractivity contribution >= 4 is 16.6 Å². The fraction of sp³-hybridized carbons (Fsp3) is 0.0400. The number of ether oxygens (including phenoxy) is 1. The number of nitro benzene ring substituents is 1. The molecule has 0 saturated carbocycles. The Morgan fingerprint density at radius 3 is 2.33 bits per heavy atom. The molecular weight excluding hydrogens is 420 g/mol. The van der Waals surface area contributed by atoms with Crippen molar-refractivity contribution in [2.45, 2.75) is 5.92 Å². The van der Waals surface area contributed by atoms with E-state index in [1.54, 1.807) is 4.57 Å². The predicted molar refractivity (Wildman–Crippen MR) is 122 cm³/mol. The summed E-state index contributed by atoms with van der Waals surface area (Å²) >= 11 is 0. The molecule has 1 aliphatic heterocycles. The summed E-state index contributed by atoms with van der Waals surface area (Å²) in [5.41, 5.74) is 7.79. The van der Waals surface area contributed by atoms with Crippen LogP contribution in [0.5, 0.6) is 5.75 Å². The number of hydrogen-bond acceptors (Lipinski definition) is 6. The number of fused-ring (bicyclic) bond motifs is 3. The molecule has 0 bridgehead atoms. The molecule has 1 atom stereocenters. The number of nitrogens with two attached hydrogens (primary N) is 1. The van der Waals surface area contributed by atoms with E-state index in [4.69, 9.17) is 10.5 Å². The molecule has 0 amide bonds. The van der Waals surface area contributed by atoms with Crippen molar-refractivity contribution < 1.29 is 9.66 Å². The summed E-state index contributed by atoms with van der Waals surface area (Å²) in [5, 5.41) is 21.6. The smallest absolute Gasteiger partial charge is 0.269 e. The van der Waals surface area contributed by atoms with Gasteiger partial charge < -0.3 is 10.5 Å². The molecule has 0 fully saturated rings. The van der Waals surface area contributed by atoms with Crippen molar-refractivity contribution in [1.82, 2.24) is 4.57 Å². The molecule has 0 aliphatic carbocycles. The highest BCUT2D eigenvalue weighted by atomic mass is 16.6. The third-order valence-corrected chi connectivity index (χ3v) is 5.69. The van der Waals surface area contributed by atoms with E-state index in [9.17, 15) is 20.2 Å². The molecule has 1 aliphatic rings. The van der Waals surface area contributed by atoms with E-state index in [1.807, 2.05) is 54.6 Å². The summed E-state index contributed by atoms with van der Waals surface area (Å²) in [6.07, 6.45) is 0. The average Bonchev–Trinajstić information content (AvgIpc) is 2.84. The van der Waals surface area contributed by atoms with E-state index in [-0.39, 0.29) is 34.0 Å². The van der Waals surface area contributed by atoms with Crippen molar-refractivity contribution in [3.63, 3.8) is 0 Å². The highest BCUT2D eigenvalue weighted by molar-refractivity contribution is 5.89. The molecule has 1 unspecified atom stereocenters. The Morgan fingerprint density at radius 1 is 1.00 bits per heavy atom. The second-order valence-corrected chi connectivity index (χ2v) is 7.51. The number of para-hydroxylation sites is 2. The molecule has 160 valence electrons. The quantitative estimate of drug-likeness (QED) is 0.381. The molecule has 3 aromatic carbocycles. The number of pyridine rings is 1. The molecule has 33 heavy (non-hydrogen) atoms. The first-order valence-corrected chi connectivity index (χ1v) is 10.1. The third-order valence-electron chi connectivity index (χ3n) is 5.69. The number of hydrogen-bond donors (Lipinski definition) is 1. The van der Waals surface area contributed by atoms with Gasteiger partial charge in [0, 0.05) is 23.2 Å². The van der Waals surface area contributed by atoms with E-state index in [2.05, 4.69) is 6.07 Å². The number of allylic oxidation sites excluding steroid dienone is 1. The van der Waals surface area contributed by atoms with Crippen LogP contribution in [0.1, 0.15) is 17.0 Å². The molecule has 2 N–H and O–H groups in total. The number of rotatable bonds is 3. The highest BCUT2D eigenvalue weighted by Crippen LogP contribution is 2.44. The van der Waals surface area contributed by atoms with Gasteiger partial charge in [-0.1, -0.05) is 42.5 Å². The number of nitrogens with zero attached hydrogens (tertiary/aromatic N) is 3. The van der Waals surface area contributed by atoms with Gasteiger partial charge in [0.05, 0.1) is 21.9 Å². The fourth-order valence-corrected chi connectivity index (χ4v) is 4.22. The van der Waals surface area contributed by atoms with Gasteiger partial charge in [0.2, 0.25) is 5.88 Å². The molecule has 2 heterocycles. The van der Waals surface area contributed by atoms with E-state index in [0.29, 0.717) is 22.2 Å². The summed E-state index contributed by atoms with van der Waals surface area (Å²) in [6, 6.07) is 24.3. The topological polar surface area (TPSA) is 124 Å². The van der Waals surface area contributed by atoms with Crippen molar-refractivity contribution in [2.75, 3.05) is 0 Å². The Balaban J connectivity index is 1.88. The van der Waals surface area contributed by atoms with Gasteiger partial charge in [0.1, 0.15) is 17.4 Å². The SMILES string of the molecule is N#CC1=C(N)Oc2c(c(=O)n(-c3ccccc3)c3ccccc23)C1c1ccc([N+](=O)[O-])cc1. The second-order valence-electron chi connectivity index (χ2n) is 7.51.